The number of nitro benzene ring substituents is 1. The van der Waals surface area contributed by atoms with Gasteiger partial charge in [0.2, 0.25) is 0 Å². The van der Waals surface area contributed by atoms with Crippen LogP contribution in [0.1, 0.15) is 18.4 Å². The first-order valence-corrected chi connectivity index (χ1v) is 5.95. The van der Waals surface area contributed by atoms with Crippen molar-refractivity contribution in [2.24, 2.45) is 0 Å². The summed E-state index contributed by atoms with van der Waals surface area (Å²) in [5.74, 6) is 0.287. The minimum absolute atomic E-state index is 0.00643. The first-order valence-electron chi connectivity index (χ1n) is 5.95. The predicted octanol–water partition coefficient (Wildman–Crippen LogP) is 2.41. The second kappa shape index (κ2) is 5.64. The average molecular weight is 248 g/mol. The highest BCUT2D eigenvalue weighted by molar-refractivity contribution is 5.48. The van der Waals surface area contributed by atoms with E-state index in [0.717, 1.165) is 5.56 Å². The molecule has 2 rings (SSSR count). The maximum absolute atomic E-state index is 11.0. The van der Waals surface area contributed by atoms with Crippen LogP contribution in [0.3, 0.4) is 0 Å². The summed E-state index contributed by atoms with van der Waals surface area (Å²) in [4.78, 5) is 10.5. The zero-order valence-electron chi connectivity index (χ0n) is 10.1. The predicted molar refractivity (Wildman–Crippen MR) is 68.7 cm³/mol. The second-order valence-corrected chi connectivity index (χ2v) is 4.31. The minimum Gasteiger partial charge on any atom is -0.483 e. The summed E-state index contributed by atoms with van der Waals surface area (Å²) in [5.41, 5.74) is 0.909. The Kier molecular flexibility index (Phi) is 3.94. The van der Waals surface area contributed by atoms with Gasteiger partial charge in [0.05, 0.1) is 4.92 Å². The molecule has 1 saturated carbocycles. The molecule has 0 unspecified atom stereocenters. The average Bonchev–Trinajstić information content (AvgIpc) is 3.18. The minimum atomic E-state index is -0.418. The van der Waals surface area contributed by atoms with E-state index in [0.29, 0.717) is 12.6 Å². The third kappa shape index (κ3) is 3.30. The van der Waals surface area contributed by atoms with E-state index in [9.17, 15) is 10.1 Å². The Morgan fingerprint density at radius 3 is 2.94 bits per heavy atom. The number of nitrogens with zero attached hydrogens (tertiary/aromatic N) is 1. The van der Waals surface area contributed by atoms with Crippen LogP contribution in [0.25, 0.3) is 0 Å². The number of hydrogen-bond donors (Lipinski definition) is 1. The van der Waals surface area contributed by atoms with E-state index < -0.39 is 4.92 Å². The van der Waals surface area contributed by atoms with E-state index in [1.165, 1.54) is 12.8 Å². The van der Waals surface area contributed by atoms with Crippen LogP contribution in [-0.2, 0) is 6.54 Å². The summed E-state index contributed by atoms with van der Waals surface area (Å²) < 4.78 is 5.26. The zero-order valence-corrected chi connectivity index (χ0v) is 10.1. The molecule has 0 aliphatic heterocycles. The van der Waals surface area contributed by atoms with E-state index in [-0.39, 0.29) is 18.0 Å². The fraction of sp³-hybridized carbons (Fsp3) is 0.385. The van der Waals surface area contributed by atoms with Crippen LogP contribution in [0.2, 0.25) is 0 Å². The number of rotatable bonds is 7. The van der Waals surface area contributed by atoms with Gasteiger partial charge in [-0.15, -0.1) is 0 Å². The Labute approximate surface area is 106 Å². The molecular weight excluding hydrogens is 232 g/mol. The van der Waals surface area contributed by atoms with Gasteiger partial charge in [-0.25, -0.2) is 0 Å². The molecule has 0 aromatic heterocycles. The molecule has 1 aliphatic carbocycles. The molecule has 0 amide bonds. The van der Waals surface area contributed by atoms with Crippen molar-refractivity contribution in [1.82, 2.24) is 5.32 Å². The lowest BCUT2D eigenvalue weighted by Crippen LogP contribution is -2.15. The fourth-order valence-corrected chi connectivity index (χ4v) is 1.64. The van der Waals surface area contributed by atoms with E-state index in [4.69, 9.17) is 4.74 Å². The van der Waals surface area contributed by atoms with Gasteiger partial charge in [0.25, 0.3) is 0 Å². The highest BCUT2D eigenvalue weighted by Gasteiger charge is 2.21. The van der Waals surface area contributed by atoms with Gasteiger partial charge in [-0.2, -0.15) is 0 Å². The van der Waals surface area contributed by atoms with Crippen molar-refractivity contribution < 1.29 is 9.66 Å². The topological polar surface area (TPSA) is 64.4 Å². The van der Waals surface area contributed by atoms with E-state index in [2.05, 4.69) is 11.9 Å². The van der Waals surface area contributed by atoms with Crippen LogP contribution < -0.4 is 10.1 Å². The summed E-state index contributed by atoms with van der Waals surface area (Å²) in [6.45, 7) is 4.44. The van der Waals surface area contributed by atoms with Crippen molar-refractivity contribution in [2.75, 3.05) is 6.61 Å². The van der Waals surface area contributed by atoms with Gasteiger partial charge in [-0.3, -0.25) is 10.1 Å². The molecule has 5 nitrogen and oxygen atoms in total. The summed E-state index contributed by atoms with van der Waals surface area (Å²) in [6, 6.07) is 5.64. The molecule has 1 aromatic rings. The molecule has 0 spiro atoms. The summed E-state index contributed by atoms with van der Waals surface area (Å²) in [5, 5.41) is 14.3. The van der Waals surface area contributed by atoms with Crippen LogP contribution in [0.5, 0.6) is 5.75 Å². The smallest absolute Gasteiger partial charge is 0.311 e. The monoisotopic (exact) mass is 248 g/mol. The van der Waals surface area contributed by atoms with Gasteiger partial charge < -0.3 is 10.1 Å². The summed E-state index contributed by atoms with van der Waals surface area (Å²) in [6.07, 6.45) is 3.96. The van der Waals surface area contributed by atoms with Crippen molar-refractivity contribution in [1.29, 1.82) is 0 Å². The first-order chi connectivity index (χ1) is 8.70. The fourth-order valence-electron chi connectivity index (χ4n) is 1.64. The molecule has 1 N–H and O–H groups in total. The second-order valence-electron chi connectivity index (χ2n) is 4.31. The first kappa shape index (κ1) is 12.6. The third-order valence-corrected chi connectivity index (χ3v) is 2.75. The van der Waals surface area contributed by atoms with Crippen molar-refractivity contribution in [3.63, 3.8) is 0 Å². The van der Waals surface area contributed by atoms with Crippen LogP contribution in [0.4, 0.5) is 5.69 Å². The highest BCUT2D eigenvalue weighted by Crippen LogP contribution is 2.28. The highest BCUT2D eigenvalue weighted by atomic mass is 16.6. The number of nitrogens with one attached hydrogen (secondary N) is 1. The maximum Gasteiger partial charge on any atom is 0.311 e. The summed E-state index contributed by atoms with van der Waals surface area (Å²) >= 11 is 0. The Morgan fingerprint density at radius 1 is 1.56 bits per heavy atom. The van der Waals surface area contributed by atoms with Gasteiger partial charge in [0.15, 0.2) is 5.75 Å². The van der Waals surface area contributed by atoms with Crippen LogP contribution in [-0.4, -0.2) is 17.6 Å². The number of nitro groups is 1. The molecule has 0 saturated heterocycles. The van der Waals surface area contributed by atoms with E-state index >= 15 is 0 Å². The van der Waals surface area contributed by atoms with Crippen LogP contribution in [0, 0.1) is 10.1 Å². The molecule has 0 bridgehead atoms. The molecule has 0 atom stereocenters. The van der Waals surface area contributed by atoms with E-state index in [1.807, 2.05) is 6.07 Å². The lowest BCUT2D eigenvalue weighted by atomic mass is 10.2. The van der Waals surface area contributed by atoms with Gasteiger partial charge >= 0.3 is 5.69 Å². The lowest BCUT2D eigenvalue weighted by molar-refractivity contribution is -0.385. The Hall–Kier alpha value is -1.88. The van der Waals surface area contributed by atoms with Crippen molar-refractivity contribution >= 4 is 5.69 Å². The zero-order chi connectivity index (χ0) is 13.0. The number of benzene rings is 1. The number of hydrogen-bond acceptors (Lipinski definition) is 4. The normalized spacial score (nSPS) is 14.2. The standard InChI is InChI=1S/C13H16N2O3/c1-2-7-18-13-6-3-10(8-12(13)15(16)17)9-14-11-4-5-11/h2-3,6,8,11,14H,1,4-5,7,9H2. The number of ether oxygens (including phenoxy) is 1. The van der Waals surface area contributed by atoms with Crippen molar-refractivity contribution in [2.45, 2.75) is 25.4 Å². The van der Waals surface area contributed by atoms with Crippen LogP contribution in [0.15, 0.2) is 30.9 Å². The van der Waals surface area contributed by atoms with E-state index in [1.54, 1.807) is 18.2 Å². The van der Waals surface area contributed by atoms with Crippen molar-refractivity contribution in [3.8, 4) is 5.75 Å². The molecule has 96 valence electrons. The Morgan fingerprint density at radius 2 is 2.33 bits per heavy atom. The quantitative estimate of drug-likeness (QED) is 0.457. The third-order valence-electron chi connectivity index (χ3n) is 2.75. The molecular formula is C13H16N2O3. The molecule has 5 heteroatoms. The molecule has 1 aliphatic rings. The van der Waals surface area contributed by atoms with Gasteiger partial charge in [-0.1, -0.05) is 18.7 Å². The summed E-state index contributed by atoms with van der Waals surface area (Å²) in [7, 11) is 0. The largest absolute Gasteiger partial charge is 0.483 e. The van der Waals surface area contributed by atoms with Gasteiger partial charge in [0, 0.05) is 18.7 Å². The molecule has 0 radical (unpaired) electrons. The molecule has 0 heterocycles. The lowest BCUT2D eigenvalue weighted by Gasteiger charge is -2.07. The molecule has 18 heavy (non-hydrogen) atoms. The van der Waals surface area contributed by atoms with Gasteiger partial charge in [-0.05, 0) is 24.5 Å². The molecule has 1 fully saturated rings. The van der Waals surface area contributed by atoms with Crippen molar-refractivity contribution in [3.05, 3.63) is 46.5 Å². The SMILES string of the molecule is C=CCOc1ccc(CNC2CC2)cc1[N+](=O)[O-]. The Balaban J connectivity index is 2.10. The maximum atomic E-state index is 11.0. The molecule has 1 aromatic carbocycles. The Bertz CT molecular complexity index is 456. The van der Waals surface area contributed by atoms with Crippen LogP contribution >= 0.6 is 0 Å². The van der Waals surface area contributed by atoms with Gasteiger partial charge in [0.1, 0.15) is 6.61 Å².